The molecular weight excluding hydrogens is 364 g/mol. The molecule has 0 fully saturated rings. The highest BCUT2D eigenvalue weighted by atomic mass is 32.1. The summed E-state index contributed by atoms with van der Waals surface area (Å²) in [7, 11) is 0. The number of thiophene rings is 1. The van der Waals surface area contributed by atoms with Gasteiger partial charge in [0.1, 0.15) is 18.1 Å². The smallest absolute Gasteiger partial charge is 0.312 e. The summed E-state index contributed by atoms with van der Waals surface area (Å²) in [6.07, 6.45) is 0.0457. The third-order valence-corrected chi connectivity index (χ3v) is 4.79. The average molecular weight is 380 g/mol. The Morgan fingerprint density at radius 2 is 2.04 bits per heavy atom. The molecule has 0 aliphatic heterocycles. The number of benzene rings is 1. The van der Waals surface area contributed by atoms with Gasteiger partial charge in [0.15, 0.2) is 5.76 Å². The molecule has 0 unspecified atom stereocenters. The van der Waals surface area contributed by atoms with Gasteiger partial charge in [0.05, 0.1) is 17.0 Å². The summed E-state index contributed by atoms with van der Waals surface area (Å²) in [5.41, 5.74) is 2.05. The molecule has 4 rings (SSSR count). The Bertz CT molecular complexity index is 1040. The second-order valence-electron chi connectivity index (χ2n) is 5.89. The first-order valence-corrected chi connectivity index (χ1v) is 9.24. The highest BCUT2D eigenvalue weighted by Gasteiger charge is 2.17. The predicted molar refractivity (Wildman–Crippen MR) is 100.0 cm³/mol. The minimum Gasteiger partial charge on any atom is -0.459 e. The number of carbonyl (C=O) groups is 1. The molecule has 0 saturated heterocycles. The number of hydrogen-bond donors (Lipinski definition) is 0. The standard InChI is InChI=1S/C20H16N2O4S/c1-13-16(21-20(25-13)18-8-5-9-27-18)11-19(23)24-12-15-10-17(26-22-15)14-6-3-2-4-7-14/h2-10H,11-12H2,1H3. The van der Waals surface area contributed by atoms with Crippen LogP contribution in [0, 0.1) is 6.92 Å². The third-order valence-electron chi connectivity index (χ3n) is 3.93. The van der Waals surface area contributed by atoms with Crippen molar-refractivity contribution in [2.75, 3.05) is 0 Å². The topological polar surface area (TPSA) is 78.4 Å². The van der Waals surface area contributed by atoms with Gasteiger partial charge in [0, 0.05) is 11.6 Å². The number of rotatable bonds is 6. The molecule has 6 nitrogen and oxygen atoms in total. The molecule has 0 amide bonds. The molecule has 0 radical (unpaired) electrons. The van der Waals surface area contributed by atoms with Crippen molar-refractivity contribution in [2.24, 2.45) is 0 Å². The second-order valence-corrected chi connectivity index (χ2v) is 6.83. The van der Waals surface area contributed by atoms with Gasteiger partial charge in [0.2, 0.25) is 5.89 Å². The number of carbonyl (C=O) groups excluding carboxylic acids is 1. The van der Waals surface area contributed by atoms with E-state index in [0.29, 0.717) is 28.8 Å². The Labute approximate surface area is 159 Å². The van der Waals surface area contributed by atoms with Gasteiger partial charge in [-0.05, 0) is 18.4 Å². The van der Waals surface area contributed by atoms with E-state index in [-0.39, 0.29) is 13.0 Å². The Morgan fingerprint density at radius 1 is 1.19 bits per heavy atom. The Morgan fingerprint density at radius 3 is 2.81 bits per heavy atom. The fourth-order valence-corrected chi connectivity index (χ4v) is 3.21. The number of nitrogens with zero attached hydrogens (tertiary/aromatic N) is 2. The summed E-state index contributed by atoms with van der Waals surface area (Å²) >= 11 is 1.53. The number of aromatic nitrogens is 2. The normalized spacial score (nSPS) is 10.9. The van der Waals surface area contributed by atoms with Gasteiger partial charge in [-0.3, -0.25) is 4.79 Å². The van der Waals surface area contributed by atoms with E-state index in [2.05, 4.69) is 10.1 Å². The first-order chi connectivity index (χ1) is 13.2. The van der Waals surface area contributed by atoms with E-state index in [1.165, 1.54) is 11.3 Å². The lowest BCUT2D eigenvalue weighted by atomic mass is 10.2. The first-order valence-electron chi connectivity index (χ1n) is 8.36. The lowest BCUT2D eigenvalue weighted by Gasteiger charge is -2.00. The highest BCUT2D eigenvalue weighted by Crippen LogP contribution is 2.26. The monoisotopic (exact) mass is 380 g/mol. The van der Waals surface area contributed by atoms with Gasteiger partial charge in [-0.2, -0.15) is 0 Å². The van der Waals surface area contributed by atoms with Crippen molar-refractivity contribution >= 4 is 17.3 Å². The highest BCUT2D eigenvalue weighted by molar-refractivity contribution is 7.13. The van der Waals surface area contributed by atoms with Crippen molar-refractivity contribution in [1.29, 1.82) is 0 Å². The molecule has 0 saturated carbocycles. The Kier molecular flexibility index (Phi) is 4.84. The summed E-state index contributed by atoms with van der Waals surface area (Å²) < 4.78 is 16.2. The van der Waals surface area contributed by atoms with E-state index in [0.717, 1.165) is 10.4 Å². The minimum atomic E-state index is -0.395. The third kappa shape index (κ3) is 3.98. The van der Waals surface area contributed by atoms with Crippen molar-refractivity contribution < 1.29 is 18.5 Å². The number of hydrogen-bond acceptors (Lipinski definition) is 7. The Hall–Kier alpha value is -3.19. The Balaban J connectivity index is 1.36. The maximum atomic E-state index is 12.2. The van der Waals surface area contributed by atoms with E-state index in [1.54, 1.807) is 13.0 Å². The molecule has 0 atom stereocenters. The second kappa shape index (κ2) is 7.59. The molecule has 136 valence electrons. The van der Waals surface area contributed by atoms with Crippen molar-refractivity contribution in [3.63, 3.8) is 0 Å². The fourth-order valence-electron chi connectivity index (χ4n) is 2.56. The van der Waals surface area contributed by atoms with Gasteiger partial charge in [0.25, 0.3) is 0 Å². The zero-order valence-electron chi connectivity index (χ0n) is 14.5. The minimum absolute atomic E-state index is 0.0455. The van der Waals surface area contributed by atoms with E-state index in [1.807, 2.05) is 47.8 Å². The molecule has 4 aromatic rings. The zero-order valence-corrected chi connectivity index (χ0v) is 15.4. The van der Waals surface area contributed by atoms with Crippen molar-refractivity contribution in [3.05, 3.63) is 71.1 Å². The molecule has 3 heterocycles. The number of esters is 1. The lowest BCUT2D eigenvalue weighted by Crippen LogP contribution is -2.09. The fraction of sp³-hybridized carbons (Fsp3) is 0.150. The quantitative estimate of drug-likeness (QED) is 0.453. The summed E-state index contributed by atoms with van der Waals surface area (Å²) in [4.78, 5) is 17.5. The summed E-state index contributed by atoms with van der Waals surface area (Å²) in [6, 6.07) is 15.2. The van der Waals surface area contributed by atoms with Crippen LogP contribution in [0.5, 0.6) is 0 Å². The first kappa shape index (κ1) is 17.2. The van der Waals surface area contributed by atoms with Crippen LogP contribution in [0.25, 0.3) is 22.1 Å². The van der Waals surface area contributed by atoms with Crippen molar-refractivity contribution in [2.45, 2.75) is 20.0 Å². The van der Waals surface area contributed by atoms with Crippen LogP contribution in [0.2, 0.25) is 0 Å². The molecule has 0 bridgehead atoms. The number of oxazole rings is 1. The van der Waals surface area contributed by atoms with Crippen LogP contribution >= 0.6 is 11.3 Å². The maximum absolute atomic E-state index is 12.2. The molecule has 3 aromatic heterocycles. The molecular formula is C20H16N2O4S. The molecule has 7 heteroatoms. The summed E-state index contributed by atoms with van der Waals surface area (Å²) in [5.74, 6) is 1.38. The van der Waals surface area contributed by atoms with Crippen molar-refractivity contribution in [3.8, 4) is 22.1 Å². The largest absolute Gasteiger partial charge is 0.459 e. The lowest BCUT2D eigenvalue weighted by molar-refractivity contribution is -0.144. The van der Waals surface area contributed by atoms with Crippen LogP contribution in [0.1, 0.15) is 17.1 Å². The van der Waals surface area contributed by atoms with E-state index >= 15 is 0 Å². The predicted octanol–water partition coefficient (Wildman–Crippen LogP) is 4.65. The summed E-state index contributed by atoms with van der Waals surface area (Å²) in [6.45, 7) is 1.83. The SMILES string of the molecule is Cc1oc(-c2cccs2)nc1CC(=O)OCc1cc(-c2ccccc2)on1. The average Bonchev–Trinajstić information content (AvgIpc) is 3.43. The maximum Gasteiger partial charge on any atom is 0.312 e. The molecule has 1 aromatic carbocycles. The van der Waals surface area contributed by atoms with Crippen LogP contribution in [0.4, 0.5) is 0 Å². The van der Waals surface area contributed by atoms with Gasteiger partial charge in [-0.25, -0.2) is 4.98 Å². The van der Waals surface area contributed by atoms with E-state index in [9.17, 15) is 4.79 Å². The van der Waals surface area contributed by atoms with Gasteiger partial charge in [-0.15, -0.1) is 11.3 Å². The van der Waals surface area contributed by atoms with Gasteiger partial charge >= 0.3 is 5.97 Å². The van der Waals surface area contributed by atoms with Crippen LogP contribution in [-0.2, 0) is 22.6 Å². The molecule has 27 heavy (non-hydrogen) atoms. The van der Waals surface area contributed by atoms with Crippen LogP contribution in [0.3, 0.4) is 0 Å². The van der Waals surface area contributed by atoms with Gasteiger partial charge < -0.3 is 13.7 Å². The van der Waals surface area contributed by atoms with E-state index in [4.69, 9.17) is 13.7 Å². The molecule has 0 aliphatic rings. The zero-order chi connectivity index (χ0) is 18.6. The van der Waals surface area contributed by atoms with Crippen molar-refractivity contribution in [1.82, 2.24) is 10.1 Å². The molecule has 0 aliphatic carbocycles. The van der Waals surface area contributed by atoms with Crippen LogP contribution in [0.15, 0.2) is 62.9 Å². The molecule has 0 N–H and O–H groups in total. The van der Waals surface area contributed by atoms with Crippen LogP contribution in [-0.4, -0.2) is 16.1 Å². The number of aryl methyl sites for hydroxylation is 1. The van der Waals surface area contributed by atoms with Gasteiger partial charge in [-0.1, -0.05) is 41.6 Å². The number of ether oxygens (including phenoxy) is 1. The summed E-state index contributed by atoms with van der Waals surface area (Å²) in [5, 5.41) is 5.89. The van der Waals surface area contributed by atoms with Crippen LogP contribution < -0.4 is 0 Å². The van der Waals surface area contributed by atoms with E-state index < -0.39 is 5.97 Å². The molecule has 0 spiro atoms.